The molecule has 1 aromatic heterocycles. The van der Waals surface area contributed by atoms with Gasteiger partial charge in [-0.05, 0) is 47.5 Å². The topological polar surface area (TPSA) is 17.4 Å². The molecule has 0 saturated carbocycles. The molecule has 4 heteroatoms. The van der Waals surface area contributed by atoms with E-state index in [9.17, 15) is 4.39 Å². The van der Waals surface area contributed by atoms with Gasteiger partial charge in [-0.25, -0.2) is 4.39 Å². The van der Waals surface area contributed by atoms with Crippen LogP contribution < -0.4 is 4.74 Å². The van der Waals surface area contributed by atoms with Gasteiger partial charge in [0.15, 0.2) is 0 Å². The van der Waals surface area contributed by atoms with E-state index < -0.39 is 0 Å². The maximum atomic E-state index is 13.1. The second-order valence-corrected chi connectivity index (χ2v) is 6.56. The van der Waals surface area contributed by atoms with E-state index in [1.165, 1.54) is 23.4 Å². The predicted octanol–water partition coefficient (Wildman–Crippen LogP) is 4.87. The summed E-state index contributed by atoms with van der Waals surface area (Å²) in [5.41, 5.74) is 3.49. The van der Waals surface area contributed by atoms with Gasteiger partial charge in [0.25, 0.3) is 0 Å². The van der Waals surface area contributed by atoms with Crippen molar-refractivity contribution in [3.8, 4) is 5.75 Å². The maximum absolute atomic E-state index is 13.1. The lowest BCUT2D eigenvalue weighted by molar-refractivity contribution is 0.278. The first kappa shape index (κ1) is 18.9. The van der Waals surface area contributed by atoms with E-state index in [4.69, 9.17) is 4.74 Å². The number of rotatable bonds is 9. The molecule has 140 valence electrons. The number of hydrogen-bond acceptors (Lipinski definition) is 2. The highest BCUT2D eigenvalue weighted by molar-refractivity contribution is 5.28. The van der Waals surface area contributed by atoms with Crippen LogP contribution in [-0.4, -0.2) is 23.1 Å². The molecule has 0 bridgehead atoms. The fourth-order valence-electron chi connectivity index (χ4n) is 3.16. The summed E-state index contributed by atoms with van der Waals surface area (Å²) in [6.07, 6.45) is 3.99. The summed E-state index contributed by atoms with van der Waals surface area (Å²) >= 11 is 0. The second kappa shape index (κ2) is 9.19. The van der Waals surface area contributed by atoms with E-state index in [0.717, 1.165) is 37.5 Å². The summed E-state index contributed by atoms with van der Waals surface area (Å²) in [5.74, 6) is 0.660. The number of aromatic nitrogens is 1. The quantitative estimate of drug-likeness (QED) is 0.504. The molecule has 0 amide bonds. The van der Waals surface area contributed by atoms with Crippen LogP contribution in [0.2, 0.25) is 0 Å². The molecule has 0 spiro atoms. The van der Waals surface area contributed by atoms with Crippen LogP contribution in [0.1, 0.15) is 16.8 Å². The Morgan fingerprint density at radius 2 is 1.85 bits per heavy atom. The first-order valence-corrected chi connectivity index (χ1v) is 9.02. The SMILES string of the molecule is C=CCN(Cc1cccc(OC)c1)Cc1cccn1Cc1ccc(F)cc1. The van der Waals surface area contributed by atoms with Gasteiger partial charge in [0.1, 0.15) is 11.6 Å². The Kier molecular flexibility index (Phi) is 6.44. The van der Waals surface area contributed by atoms with Gasteiger partial charge < -0.3 is 9.30 Å². The van der Waals surface area contributed by atoms with Gasteiger partial charge in [-0.15, -0.1) is 6.58 Å². The molecule has 3 nitrogen and oxygen atoms in total. The number of halogens is 1. The van der Waals surface area contributed by atoms with Gasteiger partial charge in [-0.3, -0.25) is 4.90 Å². The minimum Gasteiger partial charge on any atom is -0.497 e. The van der Waals surface area contributed by atoms with Crippen molar-refractivity contribution in [1.29, 1.82) is 0 Å². The Labute approximate surface area is 160 Å². The molecule has 0 fully saturated rings. The molecule has 27 heavy (non-hydrogen) atoms. The lowest BCUT2D eigenvalue weighted by Crippen LogP contribution is -2.24. The number of ether oxygens (including phenoxy) is 1. The third-order valence-electron chi connectivity index (χ3n) is 4.50. The van der Waals surface area contributed by atoms with Crippen molar-refractivity contribution in [2.24, 2.45) is 0 Å². The van der Waals surface area contributed by atoms with Crippen LogP contribution in [0, 0.1) is 5.82 Å². The number of benzene rings is 2. The van der Waals surface area contributed by atoms with Crippen LogP contribution in [0.4, 0.5) is 4.39 Å². The van der Waals surface area contributed by atoms with Crippen LogP contribution in [0.5, 0.6) is 5.75 Å². The Morgan fingerprint density at radius 1 is 1.04 bits per heavy atom. The maximum Gasteiger partial charge on any atom is 0.123 e. The monoisotopic (exact) mass is 364 g/mol. The van der Waals surface area contributed by atoms with Crippen LogP contribution in [0.15, 0.2) is 79.5 Å². The van der Waals surface area contributed by atoms with E-state index in [1.807, 2.05) is 30.3 Å². The van der Waals surface area contributed by atoms with E-state index >= 15 is 0 Å². The molecule has 0 N–H and O–H groups in total. The highest BCUT2D eigenvalue weighted by Crippen LogP contribution is 2.17. The zero-order valence-corrected chi connectivity index (χ0v) is 15.6. The molecule has 0 atom stereocenters. The van der Waals surface area contributed by atoms with E-state index in [1.54, 1.807) is 7.11 Å². The van der Waals surface area contributed by atoms with Gasteiger partial charge >= 0.3 is 0 Å². The van der Waals surface area contributed by atoms with Gasteiger partial charge in [-0.1, -0.05) is 30.3 Å². The van der Waals surface area contributed by atoms with Gasteiger partial charge in [0.05, 0.1) is 7.11 Å². The molecular weight excluding hydrogens is 339 g/mol. The van der Waals surface area contributed by atoms with Crippen LogP contribution >= 0.6 is 0 Å². The van der Waals surface area contributed by atoms with Crippen molar-refractivity contribution >= 4 is 0 Å². The third kappa shape index (κ3) is 5.31. The molecule has 0 aliphatic carbocycles. The van der Waals surface area contributed by atoms with Gasteiger partial charge in [-0.2, -0.15) is 0 Å². The minimum absolute atomic E-state index is 0.207. The third-order valence-corrected chi connectivity index (χ3v) is 4.50. The van der Waals surface area contributed by atoms with Crippen molar-refractivity contribution in [3.05, 3.63) is 102 Å². The molecule has 0 aliphatic rings. The molecule has 3 rings (SSSR count). The molecule has 0 saturated heterocycles. The van der Waals surface area contributed by atoms with Crippen molar-refractivity contribution < 1.29 is 9.13 Å². The number of nitrogens with zero attached hydrogens (tertiary/aromatic N) is 2. The van der Waals surface area contributed by atoms with E-state index in [2.05, 4.69) is 46.5 Å². The molecule has 0 radical (unpaired) electrons. The lowest BCUT2D eigenvalue weighted by atomic mass is 10.2. The van der Waals surface area contributed by atoms with Crippen LogP contribution in [0.3, 0.4) is 0 Å². The molecular formula is C23H25FN2O. The zero-order valence-electron chi connectivity index (χ0n) is 15.6. The Hall–Kier alpha value is -2.85. The first-order chi connectivity index (χ1) is 13.2. The standard InChI is InChI=1S/C23H25FN2O/c1-3-13-25(16-20-6-4-8-23(15-20)27-2)18-22-7-5-14-26(22)17-19-9-11-21(24)12-10-19/h3-12,14-15H,1,13,16-18H2,2H3. The van der Waals surface area contributed by atoms with Crippen molar-refractivity contribution in [2.45, 2.75) is 19.6 Å². The molecule has 3 aromatic rings. The average Bonchev–Trinajstić information content (AvgIpc) is 3.10. The molecule has 2 aromatic carbocycles. The van der Waals surface area contributed by atoms with Crippen molar-refractivity contribution in [2.75, 3.05) is 13.7 Å². The van der Waals surface area contributed by atoms with Crippen LogP contribution in [-0.2, 0) is 19.6 Å². The number of hydrogen-bond donors (Lipinski definition) is 0. The van der Waals surface area contributed by atoms with E-state index in [0.29, 0.717) is 0 Å². The summed E-state index contributed by atoms with van der Waals surface area (Å²) in [4.78, 5) is 2.33. The Morgan fingerprint density at radius 3 is 2.59 bits per heavy atom. The summed E-state index contributed by atoms with van der Waals surface area (Å²) < 4.78 is 20.7. The first-order valence-electron chi connectivity index (χ1n) is 9.02. The highest BCUT2D eigenvalue weighted by Gasteiger charge is 2.10. The average molecular weight is 364 g/mol. The lowest BCUT2D eigenvalue weighted by Gasteiger charge is -2.22. The number of methoxy groups -OCH3 is 1. The fourth-order valence-corrected chi connectivity index (χ4v) is 3.16. The summed E-state index contributed by atoms with van der Waals surface area (Å²) in [6, 6.07) is 19.0. The van der Waals surface area contributed by atoms with Crippen molar-refractivity contribution in [1.82, 2.24) is 9.47 Å². The Balaban J connectivity index is 1.72. The molecule has 0 unspecified atom stereocenters. The highest BCUT2D eigenvalue weighted by atomic mass is 19.1. The van der Waals surface area contributed by atoms with Gasteiger partial charge in [0, 0.05) is 38.1 Å². The minimum atomic E-state index is -0.207. The Bertz CT molecular complexity index is 870. The zero-order chi connectivity index (χ0) is 19.1. The smallest absolute Gasteiger partial charge is 0.123 e. The predicted molar refractivity (Wildman–Crippen MR) is 107 cm³/mol. The second-order valence-electron chi connectivity index (χ2n) is 6.56. The molecule has 0 aliphatic heterocycles. The van der Waals surface area contributed by atoms with E-state index in [-0.39, 0.29) is 5.82 Å². The summed E-state index contributed by atoms with van der Waals surface area (Å²) in [5, 5.41) is 0. The largest absolute Gasteiger partial charge is 0.497 e. The van der Waals surface area contributed by atoms with Crippen LogP contribution in [0.25, 0.3) is 0 Å². The summed E-state index contributed by atoms with van der Waals surface area (Å²) in [6.45, 7) is 7.02. The van der Waals surface area contributed by atoms with Gasteiger partial charge in [0.2, 0.25) is 0 Å². The summed E-state index contributed by atoms with van der Waals surface area (Å²) in [7, 11) is 1.68. The molecule has 1 heterocycles. The fraction of sp³-hybridized carbons (Fsp3) is 0.217. The van der Waals surface area contributed by atoms with Crippen molar-refractivity contribution in [3.63, 3.8) is 0 Å². The normalized spacial score (nSPS) is 10.9.